The van der Waals surface area contributed by atoms with Gasteiger partial charge in [-0.1, -0.05) is 41.2 Å². The molecule has 0 unspecified atom stereocenters. The van der Waals surface area contributed by atoms with Crippen LogP contribution in [0.2, 0.25) is 0 Å². The van der Waals surface area contributed by atoms with E-state index < -0.39 is 0 Å². The van der Waals surface area contributed by atoms with Gasteiger partial charge >= 0.3 is 0 Å². The molecule has 4 rings (SSSR count). The second-order valence-electron chi connectivity index (χ2n) is 6.46. The Morgan fingerprint density at radius 2 is 1.80 bits per heavy atom. The monoisotopic (exact) mass is 418 g/mol. The number of thioether (sulfide) groups is 1. The smallest absolute Gasteiger partial charge is 0.234 e. The van der Waals surface area contributed by atoms with E-state index in [9.17, 15) is 9.70 Å². The summed E-state index contributed by atoms with van der Waals surface area (Å²) in [5.41, 5.74) is 3.10. The number of carbonyl (C=O) groups is 1. The molecule has 0 saturated carbocycles. The van der Waals surface area contributed by atoms with Crippen molar-refractivity contribution in [1.82, 2.24) is 9.97 Å². The van der Waals surface area contributed by atoms with Crippen LogP contribution in [0.1, 0.15) is 5.56 Å². The largest absolute Gasteiger partial charge is 0.457 e. The number of ether oxygens (including phenoxy) is 1. The number of imidazole rings is 1. The first-order chi connectivity index (χ1) is 14.7. The Hall–Kier alpha value is -3.65. The number of nitroso groups, excluding NO2 is 1. The lowest BCUT2D eigenvalue weighted by Crippen LogP contribution is -2.13. The summed E-state index contributed by atoms with van der Waals surface area (Å²) in [6.45, 7) is 0.120. The number of fused-ring (bicyclic) bond motifs is 1. The molecule has 4 aromatic rings. The van der Waals surface area contributed by atoms with Gasteiger partial charge in [0.15, 0.2) is 5.16 Å². The highest BCUT2D eigenvalue weighted by Crippen LogP contribution is 2.24. The third-order valence-electron chi connectivity index (χ3n) is 4.23. The number of para-hydroxylation sites is 1. The number of amides is 1. The number of rotatable bonds is 8. The summed E-state index contributed by atoms with van der Waals surface area (Å²) >= 11 is 1.31. The lowest BCUT2D eigenvalue weighted by Gasteiger charge is -2.07. The highest BCUT2D eigenvalue weighted by molar-refractivity contribution is 7.99. The van der Waals surface area contributed by atoms with Gasteiger partial charge in [0, 0.05) is 5.69 Å². The van der Waals surface area contributed by atoms with Crippen molar-refractivity contribution >= 4 is 34.4 Å². The predicted octanol–water partition coefficient (Wildman–Crippen LogP) is 5.35. The van der Waals surface area contributed by atoms with E-state index in [1.54, 1.807) is 24.3 Å². The molecule has 2 N–H and O–H groups in total. The summed E-state index contributed by atoms with van der Waals surface area (Å²) in [4.78, 5) is 30.3. The highest BCUT2D eigenvalue weighted by atomic mass is 32.2. The second-order valence-corrected chi connectivity index (χ2v) is 7.42. The van der Waals surface area contributed by atoms with E-state index >= 15 is 0 Å². The van der Waals surface area contributed by atoms with Crippen LogP contribution >= 0.6 is 11.8 Å². The van der Waals surface area contributed by atoms with Crippen molar-refractivity contribution in [2.45, 2.75) is 11.7 Å². The van der Waals surface area contributed by atoms with Crippen LogP contribution < -0.4 is 10.1 Å². The molecule has 0 radical (unpaired) electrons. The fourth-order valence-electron chi connectivity index (χ4n) is 2.84. The van der Waals surface area contributed by atoms with Crippen molar-refractivity contribution in [3.8, 4) is 11.5 Å². The van der Waals surface area contributed by atoms with Crippen LogP contribution in [0.15, 0.2) is 83.1 Å². The molecule has 7 nitrogen and oxygen atoms in total. The summed E-state index contributed by atoms with van der Waals surface area (Å²) < 4.78 is 5.74. The molecular formula is C22H18N4O3S. The summed E-state index contributed by atoms with van der Waals surface area (Å²) in [5.74, 6) is 1.53. The van der Waals surface area contributed by atoms with Crippen LogP contribution in [0.5, 0.6) is 11.5 Å². The van der Waals surface area contributed by atoms with E-state index in [1.165, 1.54) is 11.8 Å². The summed E-state index contributed by atoms with van der Waals surface area (Å²) in [6.07, 6.45) is 0. The maximum atomic E-state index is 12.3. The summed E-state index contributed by atoms with van der Waals surface area (Å²) in [5, 5.41) is 6.40. The van der Waals surface area contributed by atoms with Gasteiger partial charge in [-0.15, -0.1) is 0 Å². The maximum Gasteiger partial charge on any atom is 0.234 e. The predicted molar refractivity (Wildman–Crippen MR) is 118 cm³/mol. The zero-order chi connectivity index (χ0) is 20.8. The van der Waals surface area contributed by atoms with Gasteiger partial charge in [-0.25, -0.2) is 4.98 Å². The van der Waals surface area contributed by atoms with Crippen LogP contribution in [0.25, 0.3) is 11.0 Å². The van der Waals surface area contributed by atoms with Gasteiger partial charge in [0.05, 0.1) is 16.8 Å². The van der Waals surface area contributed by atoms with Crippen LogP contribution in [-0.2, 0) is 11.3 Å². The van der Waals surface area contributed by atoms with E-state index in [1.807, 2.05) is 48.5 Å². The molecule has 0 bridgehead atoms. The maximum absolute atomic E-state index is 12.3. The zero-order valence-corrected chi connectivity index (χ0v) is 16.7. The van der Waals surface area contributed by atoms with Gasteiger partial charge < -0.3 is 15.0 Å². The van der Waals surface area contributed by atoms with Crippen LogP contribution in [-0.4, -0.2) is 21.6 Å². The molecule has 0 atom stereocenters. The first-order valence-electron chi connectivity index (χ1n) is 9.23. The van der Waals surface area contributed by atoms with Gasteiger partial charge in [0.1, 0.15) is 18.0 Å². The summed E-state index contributed by atoms with van der Waals surface area (Å²) in [7, 11) is 0. The quantitative estimate of drug-likeness (QED) is 0.297. The second kappa shape index (κ2) is 9.23. The van der Waals surface area contributed by atoms with Gasteiger partial charge in [0.25, 0.3) is 0 Å². The van der Waals surface area contributed by atoms with Gasteiger partial charge in [-0.3, -0.25) is 4.79 Å². The number of H-pyrrole nitrogens is 1. The third-order valence-corrected chi connectivity index (χ3v) is 5.10. The number of hydrogen-bond acceptors (Lipinski definition) is 6. The number of hydrogen-bond donors (Lipinski definition) is 2. The molecule has 30 heavy (non-hydrogen) atoms. The molecule has 0 aliphatic heterocycles. The Kier molecular flexibility index (Phi) is 6.05. The number of anilines is 1. The first kappa shape index (κ1) is 19.7. The van der Waals surface area contributed by atoms with E-state index in [2.05, 4.69) is 20.5 Å². The average Bonchev–Trinajstić information content (AvgIpc) is 3.17. The molecule has 0 aliphatic carbocycles. The Balaban J connectivity index is 1.31. The molecule has 0 aliphatic rings. The van der Waals surface area contributed by atoms with Crippen LogP contribution in [0, 0.1) is 4.91 Å². The van der Waals surface area contributed by atoms with Crippen LogP contribution in [0.3, 0.4) is 0 Å². The number of nitrogens with zero attached hydrogens (tertiary/aromatic N) is 2. The van der Waals surface area contributed by atoms with Crippen molar-refractivity contribution in [3.63, 3.8) is 0 Å². The molecule has 0 spiro atoms. The van der Waals surface area contributed by atoms with Crippen molar-refractivity contribution in [3.05, 3.63) is 83.3 Å². The number of carbonyl (C=O) groups excluding carboxylic acids is 1. The van der Waals surface area contributed by atoms with Gasteiger partial charge in [0.2, 0.25) is 5.91 Å². The summed E-state index contributed by atoms with van der Waals surface area (Å²) in [6, 6.07) is 22.2. The standard InChI is InChI=1S/C22H18N4O3S/c27-21(14-30-22-25-19-11-6-15(13-23-28)12-20(19)26-22)24-16-7-9-18(10-8-16)29-17-4-2-1-3-5-17/h1-12H,13-14H2,(H,24,27)(H,25,26). The Morgan fingerprint density at radius 3 is 2.57 bits per heavy atom. The minimum atomic E-state index is -0.136. The molecule has 3 aromatic carbocycles. The lowest BCUT2D eigenvalue weighted by molar-refractivity contribution is -0.113. The number of aromatic nitrogens is 2. The van der Waals surface area contributed by atoms with E-state index in [0.717, 1.165) is 22.3 Å². The topological polar surface area (TPSA) is 96.4 Å². The van der Waals surface area contributed by atoms with Gasteiger partial charge in [-0.2, -0.15) is 4.91 Å². The molecule has 8 heteroatoms. The fourth-order valence-corrected chi connectivity index (χ4v) is 3.52. The normalized spacial score (nSPS) is 10.7. The lowest BCUT2D eigenvalue weighted by atomic mass is 10.2. The minimum absolute atomic E-state index is 0.120. The Morgan fingerprint density at radius 1 is 1.03 bits per heavy atom. The van der Waals surface area contributed by atoms with Gasteiger partial charge in [-0.05, 0) is 54.1 Å². The number of benzene rings is 3. The zero-order valence-electron chi connectivity index (χ0n) is 15.9. The van der Waals surface area contributed by atoms with E-state index in [-0.39, 0.29) is 18.2 Å². The van der Waals surface area contributed by atoms with E-state index in [4.69, 9.17) is 4.74 Å². The van der Waals surface area contributed by atoms with Crippen LogP contribution in [0.4, 0.5) is 5.69 Å². The number of aromatic amines is 1. The minimum Gasteiger partial charge on any atom is -0.457 e. The molecule has 1 amide bonds. The molecule has 150 valence electrons. The van der Waals surface area contributed by atoms with E-state index in [0.29, 0.717) is 16.6 Å². The van der Waals surface area contributed by atoms with Crippen molar-refractivity contribution < 1.29 is 9.53 Å². The van der Waals surface area contributed by atoms with Crippen molar-refractivity contribution in [2.75, 3.05) is 11.1 Å². The highest BCUT2D eigenvalue weighted by Gasteiger charge is 2.09. The van der Waals surface area contributed by atoms with Crippen molar-refractivity contribution in [1.29, 1.82) is 0 Å². The SMILES string of the molecule is O=NCc1ccc2nc(SCC(=O)Nc3ccc(Oc4ccccc4)cc3)[nH]c2c1. The first-order valence-corrected chi connectivity index (χ1v) is 10.2. The molecular weight excluding hydrogens is 400 g/mol. The molecule has 0 fully saturated rings. The van der Waals surface area contributed by atoms with Crippen molar-refractivity contribution in [2.24, 2.45) is 5.18 Å². The third kappa shape index (κ3) is 5.03. The number of nitrogens with one attached hydrogen (secondary N) is 2. The average molecular weight is 418 g/mol. The Bertz CT molecular complexity index is 1160. The Labute approximate surface area is 176 Å². The molecule has 1 aromatic heterocycles. The molecule has 0 saturated heterocycles. The fraction of sp³-hybridized carbons (Fsp3) is 0.0909. The molecule has 1 heterocycles.